The van der Waals surface area contributed by atoms with Gasteiger partial charge in [0.05, 0.1) is 6.04 Å². The van der Waals surface area contributed by atoms with Crippen molar-refractivity contribution >= 4 is 47.2 Å². The molecule has 0 aliphatic carbocycles. The smallest absolute Gasteiger partial charge is 0.222 e. The first-order chi connectivity index (χ1) is 13.7. The van der Waals surface area contributed by atoms with Crippen molar-refractivity contribution in [2.24, 2.45) is 4.99 Å². The van der Waals surface area contributed by atoms with Crippen molar-refractivity contribution in [3.8, 4) is 0 Å². The van der Waals surface area contributed by atoms with Gasteiger partial charge < -0.3 is 15.5 Å². The Morgan fingerprint density at radius 2 is 2.03 bits per heavy atom. The van der Waals surface area contributed by atoms with E-state index in [1.54, 1.807) is 11.3 Å². The van der Waals surface area contributed by atoms with E-state index in [0.717, 1.165) is 38.4 Å². The minimum absolute atomic E-state index is 0. The first kappa shape index (κ1) is 23.7. The first-order valence-electron chi connectivity index (χ1n) is 10.1. The Bertz CT molecular complexity index is 794. The molecule has 2 aromatic rings. The van der Waals surface area contributed by atoms with Crippen LogP contribution in [0.1, 0.15) is 48.7 Å². The zero-order chi connectivity index (χ0) is 19.8. The Balaban J connectivity index is 0.00000300. The van der Waals surface area contributed by atoms with E-state index >= 15 is 0 Å². The number of thiophene rings is 1. The third-order valence-electron chi connectivity index (χ3n) is 4.97. The molecule has 7 heteroatoms. The zero-order valence-electron chi connectivity index (χ0n) is 17.2. The van der Waals surface area contributed by atoms with E-state index in [9.17, 15) is 4.79 Å². The summed E-state index contributed by atoms with van der Waals surface area (Å²) in [5.41, 5.74) is 2.65. The molecule has 2 N–H and O–H groups in total. The van der Waals surface area contributed by atoms with Crippen LogP contribution in [0, 0.1) is 0 Å². The fraction of sp³-hybridized carbons (Fsp3) is 0.455. The summed E-state index contributed by atoms with van der Waals surface area (Å²) in [7, 11) is 0. The predicted molar refractivity (Wildman–Crippen MR) is 132 cm³/mol. The Morgan fingerprint density at radius 1 is 1.24 bits per heavy atom. The SMILES string of the molecule is CCNC(=NCCCC(=O)N1CCc2ccccc2C1)NC(C)c1cccs1.I. The molecule has 0 fully saturated rings. The molecule has 0 radical (unpaired) electrons. The van der Waals surface area contributed by atoms with Crippen LogP contribution in [0.4, 0.5) is 0 Å². The van der Waals surface area contributed by atoms with Gasteiger partial charge in [-0.3, -0.25) is 9.79 Å². The molecule has 5 nitrogen and oxygen atoms in total. The summed E-state index contributed by atoms with van der Waals surface area (Å²) >= 11 is 1.74. The highest BCUT2D eigenvalue weighted by Crippen LogP contribution is 2.19. The number of amides is 1. The van der Waals surface area contributed by atoms with Crippen LogP contribution >= 0.6 is 35.3 Å². The molecule has 1 unspecified atom stereocenters. The van der Waals surface area contributed by atoms with Gasteiger partial charge in [0.1, 0.15) is 0 Å². The molecule has 1 aliphatic rings. The fourth-order valence-electron chi connectivity index (χ4n) is 3.42. The van der Waals surface area contributed by atoms with E-state index in [2.05, 4.69) is 65.2 Å². The van der Waals surface area contributed by atoms with E-state index in [1.807, 2.05) is 11.0 Å². The second kappa shape index (κ2) is 12.2. The number of hydrogen-bond donors (Lipinski definition) is 2. The number of aliphatic imine (C=N–C) groups is 1. The van der Waals surface area contributed by atoms with Crippen molar-refractivity contribution in [2.45, 2.75) is 45.7 Å². The van der Waals surface area contributed by atoms with Crippen molar-refractivity contribution in [2.75, 3.05) is 19.6 Å². The summed E-state index contributed by atoms with van der Waals surface area (Å²) in [5.74, 6) is 1.04. The van der Waals surface area contributed by atoms with Gasteiger partial charge in [-0.05, 0) is 49.3 Å². The van der Waals surface area contributed by atoms with E-state index in [1.165, 1.54) is 16.0 Å². The van der Waals surface area contributed by atoms with Crippen molar-refractivity contribution in [3.63, 3.8) is 0 Å². The normalized spacial score (nSPS) is 14.6. The van der Waals surface area contributed by atoms with Crippen LogP contribution in [-0.4, -0.2) is 36.4 Å². The maximum Gasteiger partial charge on any atom is 0.222 e. The third kappa shape index (κ3) is 6.99. The van der Waals surface area contributed by atoms with Crippen LogP contribution in [0.5, 0.6) is 0 Å². The maximum absolute atomic E-state index is 12.6. The molecular formula is C22H31IN4OS. The van der Waals surface area contributed by atoms with Crippen LogP contribution < -0.4 is 10.6 Å². The highest BCUT2D eigenvalue weighted by molar-refractivity contribution is 14.0. The van der Waals surface area contributed by atoms with Gasteiger partial charge in [-0.25, -0.2) is 0 Å². The van der Waals surface area contributed by atoms with Gasteiger partial charge in [0.2, 0.25) is 5.91 Å². The number of nitrogens with zero attached hydrogens (tertiary/aromatic N) is 2. The summed E-state index contributed by atoms with van der Waals surface area (Å²) < 4.78 is 0. The number of halogens is 1. The molecule has 0 saturated carbocycles. The molecular weight excluding hydrogens is 495 g/mol. The van der Waals surface area contributed by atoms with Crippen molar-refractivity contribution in [1.29, 1.82) is 0 Å². The van der Waals surface area contributed by atoms with Crippen LogP contribution in [0.25, 0.3) is 0 Å². The number of hydrogen-bond acceptors (Lipinski definition) is 3. The average molecular weight is 526 g/mol. The highest BCUT2D eigenvalue weighted by atomic mass is 127. The predicted octanol–water partition coefficient (Wildman–Crippen LogP) is 4.35. The zero-order valence-corrected chi connectivity index (χ0v) is 20.3. The van der Waals surface area contributed by atoms with Crippen molar-refractivity contribution in [3.05, 3.63) is 57.8 Å². The van der Waals surface area contributed by atoms with Gasteiger partial charge in [-0.2, -0.15) is 0 Å². The lowest BCUT2D eigenvalue weighted by atomic mass is 9.99. The quantitative estimate of drug-likeness (QED) is 0.244. The molecule has 1 aromatic heterocycles. The number of carbonyl (C=O) groups is 1. The van der Waals surface area contributed by atoms with Gasteiger partial charge >= 0.3 is 0 Å². The van der Waals surface area contributed by atoms with E-state index in [0.29, 0.717) is 13.0 Å². The number of fused-ring (bicyclic) bond motifs is 1. The molecule has 1 amide bonds. The Morgan fingerprint density at radius 3 is 2.76 bits per heavy atom. The van der Waals surface area contributed by atoms with Crippen LogP contribution in [0.3, 0.4) is 0 Å². The second-order valence-electron chi connectivity index (χ2n) is 7.08. The topological polar surface area (TPSA) is 56.7 Å². The van der Waals surface area contributed by atoms with Crippen LogP contribution in [0.2, 0.25) is 0 Å². The van der Waals surface area contributed by atoms with Crippen LogP contribution in [-0.2, 0) is 17.8 Å². The minimum Gasteiger partial charge on any atom is -0.357 e. The lowest BCUT2D eigenvalue weighted by molar-refractivity contribution is -0.132. The molecule has 0 bridgehead atoms. The van der Waals surface area contributed by atoms with Gasteiger partial charge in [-0.15, -0.1) is 35.3 Å². The summed E-state index contributed by atoms with van der Waals surface area (Å²) in [4.78, 5) is 20.5. The largest absolute Gasteiger partial charge is 0.357 e. The van der Waals surface area contributed by atoms with E-state index in [-0.39, 0.29) is 35.9 Å². The average Bonchev–Trinajstić information content (AvgIpc) is 3.25. The standard InChI is InChI=1S/C22H30N4OS.HI/c1-3-23-22(25-17(2)20-10-7-15-28-20)24-13-6-11-21(27)26-14-12-18-8-4-5-9-19(18)16-26;/h4-5,7-10,15,17H,3,6,11-14,16H2,1-2H3,(H2,23,24,25);1H. The van der Waals surface area contributed by atoms with E-state index in [4.69, 9.17) is 0 Å². The number of benzene rings is 1. The van der Waals surface area contributed by atoms with Gasteiger partial charge in [0, 0.05) is 37.5 Å². The lowest BCUT2D eigenvalue weighted by Crippen LogP contribution is -2.38. The molecule has 0 saturated heterocycles. The molecule has 2 heterocycles. The third-order valence-corrected chi connectivity index (χ3v) is 6.02. The Labute approximate surface area is 195 Å². The first-order valence-corrected chi connectivity index (χ1v) is 11.0. The van der Waals surface area contributed by atoms with Crippen LogP contribution in [0.15, 0.2) is 46.8 Å². The number of rotatable bonds is 7. The Kier molecular flexibility index (Phi) is 9.93. The number of nitrogens with one attached hydrogen (secondary N) is 2. The van der Waals surface area contributed by atoms with Crippen molar-refractivity contribution < 1.29 is 4.79 Å². The van der Waals surface area contributed by atoms with E-state index < -0.39 is 0 Å². The lowest BCUT2D eigenvalue weighted by Gasteiger charge is -2.28. The molecule has 3 rings (SSSR count). The fourth-order valence-corrected chi connectivity index (χ4v) is 4.16. The van der Waals surface area contributed by atoms with Gasteiger partial charge in [0.15, 0.2) is 5.96 Å². The Hall–Kier alpha value is -1.61. The minimum atomic E-state index is 0. The molecule has 1 aromatic carbocycles. The maximum atomic E-state index is 12.6. The highest BCUT2D eigenvalue weighted by Gasteiger charge is 2.19. The molecule has 1 aliphatic heterocycles. The molecule has 29 heavy (non-hydrogen) atoms. The summed E-state index contributed by atoms with van der Waals surface area (Å²) in [6, 6.07) is 12.8. The molecule has 1 atom stereocenters. The van der Waals surface area contributed by atoms with Crippen molar-refractivity contribution in [1.82, 2.24) is 15.5 Å². The summed E-state index contributed by atoms with van der Waals surface area (Å²) in [6.45, 7) is 7.21. The summed E-state index contributed by atoms with van der Waals surface area (Å²) in [5, 5.41) is 8.81. The van der Waals surface area contributed by atoms with Gasteiger partial charge in [-0.1, -0.05) is 30.3 Å². The number of carbonyl (C=O) groups excluding carboxylic acids is 1. The second-order valence-corrected chi connectivity index (χ2v) is 8.06. The molecule has 158 valence electrons. The number of guanidine groups is 1. The monoisotopic (exact) mass is 526 g/mol. The van der Waals surface area contributed by atoms with Gasteiger partial charge in [0.25, 0.3) is 0 Å². The summed E-state index contributed by atoms with van der Waals surface area (Å²) in [6.07, 6.45) is 2.27. The molecule has 0 spiro atoms.